The molecule has 14 heavy (non-hydrogen) atoms. The fourth-order valence-corrected chi connectivity index (χ4v) is 1.57. The Morgan fingerprint density at radius 3 is 2.57 bits per heavy atom. The number of ketones is 1. The molecule has 0 spiro atoms. The Kier molecular flexibility index (Phi) is 3.87. The van der Waals surface area contributed by atoms with Gasteiger partial charge in [-0.15, -0.1) is 0 Å². The van der Waals surface area contributed by atoms with Gasteiger partial charge in [-0.2, -0.15) is 0 Å². The third-order valence-electron chi connectivity index (χ3n) is 2.76. The average Bonchev–Trinajstić information content (AvgIpc) is 2.18. The van der Waals surface area contributed by atoms with Crippen LogP contribution < -0.4 is 0 Å². The van der Waals surface area contributed by atoms with Gasteiger partial charge >= 0.3 is 0 Å². The fraction of sp³-hybridized carbons (Fsp3) is 0.462. The summed E-state index contributed by atoms with van der Waals surface area (Å²) in [6.45, 7) is 5.60. The lowest BCUT2D eigenvalue weighted by atomic mass is 9.95. The highest BCUT2D eigenvalue weighted by Gasteiger charge is 2.05. The summed E-state index contributed by atoms with van der Waals surface area (Å²) in [5.74, 6) is 0.189. The molecule has 76 valence electrons. The third kappa shape index (κ3) is 2.99. The Balaban J connectivity index is 2.68. The van der Waals surface area contributed by atoms with E-state index in [4.69, 9.17) is 0 Å². The van der Waals surface area contributed by atoms with Gasteiger partial charge in [0.05, 0.1) is 0 Å². The number of carbonyl (C=O) groups excluding carboxylic acids is 1. The Labute approximate surface area is 86.2 Å². The molecule has 0 aromatic heterocycles. The summed E-state index contributed by atoms with van der Waals surface area (Å²) in [5, 5.41) is 0. The maximum atomic E-state index is 11.1. The molecule has 0 aromatic carbocycles. The first kappa shape index (κ1) is 11.0. The zero-order valence-electron chi connectivity index (χ0n) is 9.26. The fourth-order valence-electron chi connectivity index (χ4n) is 1.57. The highest BCUT2D eigenvalue weighted by Crippen LogP contribution is 2.21. The van der Waals surface area contributed by atoms with Crippen molar-refractivity contribution in [3.05, 3.63) is 34.9 Å². The van der Waals surface area contributed by atoms with Crippen molar-refractivity contribution >= 4 is 5.78 Å². The smallest absolute Gasteiger partial charge is 0.155 e. The van der Waals surface area contributed by atoms with Crippen LogP contribution in [0.4, 0.5) is 0 Å². The van der Waals surface area contributed by atoms with Crippen LogP contribution >= 0.6 is 0 Å². The summed E-state index contributed by atoms with van der Waals surface area (Å²) in [6, 6.07) is 0. The zero-order chi connectivity index (χ0) is 10.6. The summed E-state index contributed by atoms with van der Waals surface area (Å²) in [6.07, 6.45) is 9.68. The van der Waals surface area contributed by atoms with Crippen molar-refractivity contribution in [3.63, 3.8) is 0 Å². The van der Waals surface area contributed by atoms with Gasteiger partial charge in [-0.25, -0.2) is 0 Å². The molecule has 1 aliphatic carbocycles. The average molecular weight is 190 g/mol. The van der Waals surface area contributed by atoms with Crippen LogP contribution in [0.15, 0.2) is 34.9 Å². The van der Waals surface area contributed by atoms with Crippen molar-refractivity contribution in [2.24, 2.45) is 0 Å². The van der Waals surface area contributed by atoms with Crippen molar-refractivity contribution in [2.45, 2.75) is 40.0 Å². The molecule has 0 N–H and O–H groups in total. The third-order valence-corrected chi connectivity index (χ3v) is 2.76. The van der Waals surface area contributed by atoms with Crippen LogP contribution in [-0.2, 0) is 4.79 Å². The first-order chi connectivity index (χ1) is 6.61. The van der Waals surface area contributed by atoms with E-state index >= 15 is 0 Å². The molecule has 0 unspecified atom stereocenters. The minimum Gasteiger partial charge on any atom is -0.295 e. The van der Waals surface area contributed by atoms with E-state index in [0.29, 0.717) is 0 Å². The first-order valence-corrected chi connectivity index (χ1v) is 5.13. The van der Waals surface area contributed by atoms with E-state index in [1.165, 1.54) is 11.1 Å². The second kappa shape index (κ2) is 4.94. The predicted octanol–water partition coefficient (Wildman–Crippen LogP) is 3.58. The SMILES string of the molecule is CC(=O)/C(C)=C(\C)CC1=CC=CCC1. The number of Topliss-reactive ketones (excluding diaryl/α,β-unsaturated/α-hetero) is 1. The van der Waals surface area contributed by atoms with E-state index < -0.39 is 0 Å². The van der Waals surface area contributed by atoms with E-state index in [0.717, 1.165) is 24.8 Å². The van der Waals surface area contributed by atoms with Crippen molar-refractivity contribution in [1.82, 2.24) is 0 Å². The van der Waals surface area contributed by atoms with Gasteiger partial charge in [-0.3, -0.25) is 4.79 Å². The van der Waals surface area contributed by atoms with Gasteiger partial charge < -0.3 is 0 Å². The minimum atomic E-state index is 0.189. The van der Waals surface area contributed by atoms with E-state index in [-0.39, 0.29) is 5.78 Å². The monoisotopic (exact) mass is 190 g/mol. The summed E-state index contributed by atoms with van der Waals surface area (Å²) >= 11 is 0. The molecule has 0 heterocycles. The lowest BCUT2D eigenvalue weighted by Gasteiger charge is -2.10. The Hall–Kier alpha value is -1.11. The van der Waals surface area contributed by atoms with Crippen molar-refractivity contribution in [2.75, 3.05) is 0 Å². The number of hydrogen-bond acceptors (Lipinski definition) is 1. The van der Waals surface area contributed by atoms with E-state index in [2.05, 4.69) is 25.2 Å². The van der Waals surface area contributed by atoms with Gasteiger partial charge in [0.1, 0.15) is 0 Å². The molecule has 1 rings (SSSR count). The lowest BCUT2D eigenvalue weighted by Crippen LogP contribution is -1.98. The van der Waals surface area contributed by atoms with Crippen LogP contribution in [-0.4, -0.2) is 5.78 Å². The molecule has 0 amide bonds. The number of hydrogen-bond donors (Lipinski definition) is 0. The van der Waals surface area contributed by atoms with Gasteiger partial charge in [0, 0.05) is 0 Å². The molecule has 0 atom stereocenters. The molecule has 0 aliphatic heterocycles. The number of carbonyl (C=O) groups is 1. The molecule has 1 nitrogen and oxygen atoms in total. The van der Waals surface area contributed by atoms with Crippen molar-refractivity contribution < 1.29 is 4.79 Å². The standard InChI is InChI=1S/C13H18O/c1-10(11(2)12(3)14)9-13-7-5-4-6-8-13/h4-5,7H,6,8-9H2,1-3H3/b11-10+. The van der Waals surface area contributed by atoms with Gasteiger partial charge in [0.2, 0.25) is 0 Å². The maximum absolute atomic E-state index is 11.1. The van der Waals surface area contributed by atoms with Crippen LogP contribution in [0.1, 0.15) is 40.0 Å². The second-order valence-electron chi connectivity index (χ2n) is 3.93. The van der Waals surface area contributed by atoms with Crippen LogP contribution in [0, 0.1) is 0 Å². The predicted molar refractivity (Wildman–Crippen MR) is 60.1 cm³/mol. The molecular formula is C13H18O. The van der Waals surface area contributed by atoms with Gasteiger partial charge in [0.15, 0.2) is 5.78 Å². The highest BCUT2D eigenvalue weighted by molar-refractivity contribution is 5.93. The molecule has 0 radical (unpaired) electrons. The van der Waals surface area contributed by atoms with Crippen molar-refractivity contribution in [3.8, 4) is 0 Å². The molecule has 0 saturated carbocycles. The van der Waals surface area contributed by atoms with Crippen LogP contribution in [0.3, 0.4) is 0 Å². The first-order valence-electron chi connectivity index (χ1n) is 5.13. The topological polar surface area (TPSA) is 17.1 Å². The molecule has 1 heteroatoms. The highest BCUT2D eigenvalue weighted by atomic mass is 16.1. The summed E-state index contributed by atoms with van der Waals surface area (Å²) in [4.78, 5) is 11.1. The van der Waals surface area contributed by atoms with E-state index in [1.54, 1.807) is 6.92 Å². The summed E-state index contributed by atoms with van der Waals surface area (Å²) in [7, 11) is 0. The zero-order valence-corrected chi connectivity index (χ0v) is 9.26. The van der Waals surface area contributed by atoms with Gasteiger partial charge in [0.25, 0.3) is 0 Å². The van der Waals surface area contributed by atoms with Crippen LogP contribution in [0.2, 0.25) is 0 Å². The quantitative estimate of drug-likeness (QED) is 0.622. The Morgan fingerprint density at radius 2 is 2.07 bits per heavy atom. The number of rotatable bonds is 3. The van der Waals surface area contributed by atoms with Gasteiger partial charge in [-0.05, 0) is 45.6 Å². The van der Waals surface area contributed by atoms with E-state index in [1.807, 2.05) is 6.92 Å². The Bertz CT molecular complexity index is 316. The van der Waals surface area contributed by atoms with Gasteiger partial charge in [-0.1, -0.05) is 29.4 Å². The Morgan fingerprint density at radius 1 is 1.36 bits per heavy atom. The summed E-state index contributed by atoms with van der Waals surface area (Å²) in [5.41, 5.74) is 3.56. The molecule has 0 aromatic rings. The normalized spacial score (nSPS) is 17.5. The maximum Gasteiger partial charge on any atom is 0.155 e. The molecule has 0 saturated heterocycles. The van der Waals surface area contributed by atoms with Crippen molar-refractivity contribution in [1.29, 1.82) is 0 Å². The van der Waals surface area contributed by atoms with Crippen LogP contribution in [0.25, 0.3) is 0 Å². The molecular weight excluding hydrogens is 172 g/mol. The molecule has 0 fully saturated rings. The summed E-state index contributed by atoms with van der Waals surface area (Å²) < 4.78 is 0. The van der Waals surface area contributed by atoms with Crippen LogP contribution in [0.5, 0.6) is 0 Å². The largest absolute Gasteiger partial charge is 0.295 e. The lowest BCUT2D eigenvalue weighted by molar-refractivity contribution is -0.113. The molecule has 0 bridgehead atoms. The second-order valence-corrected chi connectivity index (χ2v) is 3.93. The molecule has 1 aliphatic rings. The number of allylic oxidation sites excluding steroid dienone is 6. The van der Waals surface area contributed by atoms with E-state index in [9.17, 15) is 4.79 Å². The minimum absolute atomic E-state index is 0.189.